The summed E-state index contributed by atoms with van der Waals surface area (Å²) in [5.41, 5.74) is 0.244. The van der Waals surface area contributed by atoms with Crippen LogP contribution in [0.15, 0.2) is 58.3 Å². The average Bonchev–Trinajstić information content (AvgIpc) is 0.886. The molecule has 0 aliphatic rings. The number of benzene rings is 2. The van der Waals surface area contributed by atoms with Crippen molar-refractivity contribution in [3.05, 3.63) is 59.7 Å². The minimum absolute atomic E-state index is 0.122. The Morgan fingerprint density at radius 2 is 0.282 bits per heavy atom. The van der Waals surface area contributed by atoms with Crippen LogP contribution >= 0.6 is 11.8 Å². The van der Waals surface area contributed by atoms with Crippen molar-refractivity contribution in [3.8, 4) is 0 Å². The average molecular weight is 1650 g/mol. The van der Waals surface area contributed by atoms with Gasteiger partial charge >= 0.3 is 0 Å². The standard InChI is InChI=1S/2C48H100N.C14H10O4S/c2*1-5-9-13-17-21-25-29-33-37-41-45-49(46-42-38-34-30-26-22-18-14-10-6-2,47-43-39-35-31-27-23-19-15-11-7-3)48-44-40-36-32-28-24-20-16-12-8-4;15-13(16)9-1-5-11(6-2-9)19-12-7-3-10(4-8-12)14(17)18/h2*5-48H2,1-4H3;1-8H,(H,15,16)(H,17,18)/q2*+1;/p-2. The summed E-state index contributed by atoms with van der Waals surface area (Å²) in [4.78, 5) is 22.9. The van der Waals surface area contributed by atoms with Crippen molar-refractivity contribution < 1.29 is 28.8 Å². The van der Waals surface area contributed by atoms with Gasteiger partial charge in [-0.05, 0) is 138 Å². The topological polar surface area (TPSA) is 80.3 Å². The Labute approximate surface area is 738 Å². The van der Waals surface area contributed by atoms with Gasteiger partial charge in [-0.3, -0.25) is 0 Å². The largest absolute Gasteiger partial charge is 0.545 e. The van der Waals surface area contributed by atoms with Gasteiger partial charge in [0.05, 0.1) is 64.3 Å². The number of aromatic carboxylic acids is 2. The van der Waals surface area contributed by atoms with Crippen LogP contribution in [-0.2, 0) is 0 Å². The molecule has 2 rings (SSSR count). The fourth-order valence-corrected chi connectivity index (χ4v) is 19.1. The molecule has 6 nitrogen and oxygen atoms in total. The molecule has 0 spiro atoms. The molecule has 0 atom stereocenters. The third-order valence-electron chi connectivity index (χ3n) is 26.3. The minimum Gasteiger partial charge on any atom is -0.545 e. The third kappa shape index (κ3) is 79.3. The molecule has 117 heavy (non-hydrogen) atoms. The lowest BCUT2D eigenvalue weighted by Crippen LogP contribution is -2.50. The molecule has 0 heterocycles. The van der Waals surface area contributed by atoms with Crippen LogP contribution in [0.5, 0.6) is 0 Å². The number of quaternary nitrogens is 2. The molecule has 0 amide bonds. The first-order valence-electron chi connectivity index (χ1n) is 53.6. The van der Waals surface area contributed by atoms with Gasteiger partial charge in [0.25, 0.3) is 0 Å². The Kier molecular flexibility index (Phi) is 91.0. The van der Waals surface area contributed by atoms with Crippen molar-refractivity contribution in [1.82, 2.24) is 0 Å². The van der Waals surface area contributed by atoms with Gasteiger partial charge in [-0.1, -0.05) is 502 Å². The number of carbonyl (C=O) groups excluding carboxylic acids is 2. The van der Waals surface area contributed by atoms with Crippen LogP contribution in [0.2, 0.25) is 0 Å². The van der Waals surface area contributed by atoms with E-state index < -0.39 is 11.9 Å². The predicted octanol–water partition coefficient (Wildman–Crippen LogP) is 35.5. The summed E-state index contributed by atoms with van der Waals surface area (Å²) >= 11 is 1.40. The Hall–Kier alpha value is -2.35. The quantitative estimate of drug-likeness (QED) is 0.0487. The van der Waals surface area contributed by atoms with Crippen LogP contribution in [0.4, 0.5) is 0 Å². The van der Waals surface area contributed by atoms with E-state index in [0.717, 1.165) is 9.79 Å². The van der Waals surface area contributed by atoms with Gasteiger partial charge in [-0.2, -0.15) is 0 Å². The zero-order chi connectivity index (χ0) is 85.1. The Morgan fingerprint density at radius 1 is 0.179 bits per heavy atom. The maximum atomic E-state index is 10.6. The SMILES string of the molecule is CCCCCCCCCCCC[N+](CCCCCCCCCCCC)(CCCCCCCCCCCC)CCCCCCCCCCCC.CCCCCCCCCCCC[N+](CCCCCCCCCCCC)(CCCCCCCCCCCC)CCCCCCCCCCCC.O=C([O-])c1ccc(Sc2ccc(C(=O)[O-])cc2)cc1. The van der Waals surface area contributed by atoms with Crippen molar-refractivity contribution in [2.75, 3.05) is 52.4 Å². The van der Waals surface area contributed by atoms with Crippen LogP contribution in [0.1, 0.15) is 590 Å². The maximum Gasteiger partial charge on any atom is 0.0786 e. The lowest BCUT2D eigenvalue weighted by Gasteiger charge is -2.40. The van der Waals surface area contributed by atoms with Gasteiger partial charge in [0.15, 0.2) is 0 Å². The molecule has 0 radical (unpaired) electrons. The van der Waals surface area contributed by atoms with Crippen molar-refractivity contribution in [3.63, 3.8) is 0 Å². The Bertz CT molecular complexity index is 1890. The highest BCUT2D eigenvalue weighted by Crippen LogP contribution is 2.30. The molecule has 0 aromatic heterocycles. The predicted molar refractivity (Wildman–Crippen MR) is 520 cm³/mol. The number of hydrogen-bond acceptors (Lipinski definition) is 5. The van der Waals surface area contributed by atoms with E-state index in [1.165, 1.54) is 611 Å². The van der Waals surface area contributed by atoms with Crippen LogP contribution in [0.3, 0.4) is 0 Å². The molecule has 0 aliphatic carbocycles. The molecular formula is C110H208N2O4S. The summed E-state index contributed by atoms with van der Waals surface area (Å²) in [5.74, 6) is -2.43. The second-order valence-corrected chi connectivity index (χ2v) is 38.8. The van der Waals surface area contributed by atoms with Gasteiger partial charge in [-0.15, -0.1) is 0 Å². The third-order valence-corrected chi connectivity index (χ3v) is 27.3. The van der Waals surface area contributed by atoms with E-state index in [1.54, 1.807) is 24.3 Å². The monoisotopic (exact) mass is 1650 g/mol. The highest BCUT2D eigenvalue weighted by molar-refractivity contribution is 7.99. The summed E-state index contributed by atoms with van der Waals surface area (Å²) in [6, 6.07) is 12.5. The van der Waals surface area contributed by atoms with E-state index in [4.69, 9.17) is 0 Å². The van der Waals surface area contributed by atoms with Crippen LogP contribution in [0.25, 0.3) is 0 Å². The molecule has 2 aromatic carbocycles. The number of carboxylic acid groups (broad SMARTS) is 2. The Balaban J connectivity index is 0.00000187. The second-order valence-electron chi connectivity index (χ2n) is 37.7. The Morgan fingerprint density at radius 3 is 0.385 bits per heavy atom. The zero-order valence-electron chi connectivity index (χ0n) is 80.8. The van der Waals surface area contributed by atoms with Gasteiger partial charge in [0.2, 0.25) is 0 Å². The maximum absolute atomic E-state index is 10.6. The fourth-order valence-electron chi connectivity index (χ4n) is 18.3. The van der Waals surface area contributed by atoms with Crippen molar-refractivity contribution >= 4 is 23.7 Å². The molecule has 0 aliphatic heterocycles. The first-order valence-corrected chi connectivity index (χ1v) is 54.4. The fraction of sp³-hybridized carbons (Fsp3) is 0.873. The molecule has 0 fully saturated rings. The molecule has 0 N–H and O–H groups in total. The van der Waals surface area contributed by atoms with E-state index in [1.807, 2.05) is 0 Å². The molecule has 688 valence electrons. The number of rotatable bonds is 92. The van der Waals surface area contributed by atoms with Crippen LogP contribution in [0, 0.1) is 0 Å². The van der Waals surface area contributed by atoms with E-state index >= 15 is 0 Å². The van der Waals surface area contributed by atoms with Gasteiger partial charge in [0.1, 0.15) is 0 Å². The molecule has 0 unspecified atom stereocenters. The van der Waals surface area contributed by atoms with Gasteiger partial charge in [-0.25, -0.2) is 0 Å². The molecular weight excluding hydrogens is 1450 g/mol. The van der Waals surface area contributed by atoms with Crippen molar-refractivity contribution in [1.29, 1.82) is 0 Å². The first-order chi connectivity index (χ1) is 57.5. The lowest BCUT2D eigenvalue weighted by atomic mass is 10.0. The summed E-state index contributed by atoms with van der Waals surface area (Å²) < 4.78 is 2.98. The molecule has 0 bridgehead atoms. The number of unbranched alkanes of at least 4 members (excludes halogenated alkanes) is 72. The van der Waals surface area contributed by atoms with E-state index in [0.29, 0.717) is 0 Å². The zero-order valence-corrected chi connectivity index (χ0v) is 81.6. The summed E-state index contributed by atoms with van der Waals surface area (Å²) in [7, 11) is 0. The van der Waals surface area contributed by atoms with Crippen molar-refractivity contribution in [2.45, 2.75) is 579 Å². The summed E-state index contributed by atoms with van der Waals surface area (Å²) in [5, 5.41) is 21.2. The van der Waals surface area contributed by atoms with Crippen molar-refractivity contribution in [2.24, 2.45) is 0 Å². The van der Waals surface area contributed by atoms with Crippen LogP contribution in [-0.4, -0.2) is 73.3 Å². The second kappa shape index (κ2) is 92.8. The van der Waals surface area contributed by atoms with E-state index in [2.05, 4.69) is 55.4 Å². The summed E-state index contributed by atoms with van der Waals surface area (Å²) in [6.45, 7) is 30.6. The number of carbonyl (C=O) groups is 2. The smallest absolute Gasteiger partial charge is 0.0786 e. The first kappa shape index (κ1) is 115. The number of carboxylic acids is 2. The van der Waals surface area contributed by atoms with E-state index in [9.17, 15) is 19.8 Å². The highest BCUT2D eigenvalue weighted by Gasteiger charge is 2.28. The van der Waals surface area contributed by atoms with Gasteiger partial charge in [0, 0.05) is 9.79 Å². The number of hydrogen-bond donors (Lipinski definition) is 0. The highest BCUT2D eigenvalue weighted by atomic mass is 32.2. The molecule has 0 saturated heterocycles. The lowest BCUT2D eigenvalue weighted by molar-refractivity contribution is -0.929. The molecule has 0 saturated carbocycles. The molecule has 2 aromatic rings. The number of nitrogens with zero attached hydrogens (tertiary/aromatic N) is 2. The summed E-state index contributed by atoms with van der Waals surface area (Å²) in [6.07, 6.45) is 117. The normalized spacial score (nSPS) is 11.7. The van der Waals surface area contributed by atoms with E-state index in [-0.39, 0.29) is 11.1 Å². The van der Waals surface area contributed by atoms with Crippen LogP contribution < -0.4 is 10.2 Å². The minimum atomic E-state index is -1.21. The van der Waals surface area contributed by atoms with Gasteiger partial charge < -0.3 is 28.8 Å². The molecule has 7 heteroatoms.